The molecule has 5 heteroatoms. The molecule has 142 valence electrons. The number of likely N-dealkylation sites (tertiary alicyclic amines) is 1. The van der Waals surface area contributed by atoms with E-state index in [1.165, 1.54) is 0 Å². The predicted octanol–water partition coefficient (Wildman–Crippen LogP) is 3.56. The van der Waals surface area contributed by atoms with Crippen molar-refractivity contribution in [2.24, 2.45) is 5.92 Å². The molecule has 2 amide bonds. The van der Waals surface area contributed by atoms with E-state index < -0.39 is 0 Å². The highest BCUT2D eigenvalue weighted by Gasteiger charge is 2.27. The van der Waals surface area contributed by atoms with Gasteiger partial charge in [0.25, 0.3) is 5.91 Å². The number of amides is 2. The van der Waals surface area contributed by atoms with Gasteiger partial charge in [0.15, 0.2) is 6.61 Å². The molecule has 0 spiro atoms. The van der Waals surface area contributed by atoms with Crippen LogP contribution in [0.2, 0.25) is 0 Å². The maximum absolute atomic E-state index is 12.5. The molecular weight excluding hydrogens is 340 g/mol. The summed E-state index contributed by atoms with van der Waals surface area (Å²) in [5, 5.41) is 2.95. The molecule has 5 nitrogen and oxygen atoms in total. The average Bonchev–Trinajstić information content (AvgIpc) is 2.68. The second-order valence-electron chi connectivity index (χ2n) is 7.02. The zero-order valence-corrected chi connectivity index (χ0v) is 15.9. The van der Waals surface area contributed by atoms with E-state index in [0.717, 1.165) is 22.6 Å². The highest BCUT2D eigenvalue weighted by atomic mass is 16.5. The average molecular weight is 366 g/mol. The minimum absolute atomic E-state index is 0.0279. The molecule has 27 heavy (non-hydrogen) atoms. The quantitative estimate of drug-likeness (QED) is 0.880. The highest BCUT2D eigenvalue weighted by molar-refractivity contribution is 5.92. The molecule has 2 aromatic rings. The summed E-state index contributed by atoms with van der Waals surface area (Å²) in [6.45, 7) is 5.16. The number of piperidine rings is 1. The Bertz CT molecular complexity index is 776. The molecule has 0 radical (unpaired) electrons. The maximum atomic E-state index is 12.5. The lowest BCUT2D eigenvalue weighted by Gasteiger charge is -2.31. The molecule has 0 bridgehead atoms. The van der Waals surface area contributed by atoms with Crippen molar-refractivity contribution >= 4 is 17.5 Å². The fourth-order valence-corrected chi connectivity index (χ4v) is 3.41. The van der Waals surface area contributed by atoms with E-state index in [2.05, 4.69) is 5.32 Å². The standard InChI is InChI=1S/C22H26N2O3/c1-16-7-6-8-17(2)21(16)27-15-20(25)24-13-11-18(12-14-24)22(26)23-19-9-4-3-5-10-19/h3-10,18H,11-15H2,1-2H3,(H,23,26). The van der Waals surface area contributed by atoms with Crippen molar-refractivity contribution in [3.05, 3.63) is 59.7 Å². The van der Waals surface area contributed by atoms with E-state index in [1.807, 2.05) is 62.4 Å². The fraction of sp³-hybridized carbons (Fsp3) is 0.364. The van der Waals surface area contributed by atoms with Gasteiger partial charge in [-0.3, -0.25) is 9.59 Å². The highest BCUT2D eigenvalue weighted by Crippen LogP contribution is 2.23. The monoisotopic (exact) mass is 366 g/mol. The van der Waals surface area contributed by atoms with E-state index in [4.69, 9.17) is 4.74 Å². The second kappa shape index (κ2) is 8.71. The molecule has 0 unspecified atom stereocenters. The SMILES string of the molecule is Cc1cccc(C)c1OCC(=O)N1CCC(C(=O)Nc2ccccc2)CC1. The van der Waals surface area contributed by atoms with Gasteiger partial charge >= 0.3 is 0 Å². The molecule has 1 heterocycles. The smallest absolute Gasteiger partial charge is 0.260 e. The van der Waals surface area contributed by atoms with Gasteiger partial charge < -0.3 is 15.0 Å². The molecule has 1 aliphatic heterocycles. The molecular formula is C22H26N2O3. The summed E-state index contributed by atoms with van der Waals surface area (Å²) in [6.07, 6.45) is 1.35. The first-order valence-corrected chi connectivity index (χ1v) is 9.37. The van der Waals surface area contributed by atoms with Gasteiger partial charge in [-0.25, -0.2) is 0 Å². The fourth-order valence-electron chi connectivity index (χ4n) is 3.41. The van der Waals surface area contributed by atoms with Crippen LogP contribution < -0.4 is 10.1 Å². The first kappa shape index (κ1) is 19.0. The van der Waals surface area contributed by atoms with Gasteiger partial charge in [-0.15, -0.1) is 0 Å². The zero-order chi connectivity index (χ0) is 19.2. The van der Waals surface area contributed by atoms with Crippen LogP contribution in [0.5, 0.6) is 5.75 Å². The molecule has 2 aromatic carbocycles. The first-order valence-electron chi connectivity index (χ1n) is 9.37. The van der Waals surface area contributed by atoms with Crippen LogP contribution in [0.3, 0.4) is 0 Å². The van der Waals surface area contributed by atoms with Gasteiger partial charge in [-0.1, -0.05) is 36.4 Å². The van der Waals surface area contributed by atoms with Crippen LogP contribution in [0.15, 0.2) is 48.5 Å². The Morgan fingerprint density at radius 3 is 2.26 bits per heavy atom. The Labute approximate surface area is 160 Å². The maximum Gasteiger partial charge on any atom is 0.260 e. The summed E-state index contributed by atoms with van der Waals surface area (Å²) in [5.74, 6) is 0.719. The lowest BCUT2D eigenvalue weighted by Crippen LogP contribution is -2.43. The van der Waals surface area contributed by atoms with Crippen LogP contribution in [0.4, 0.5) is 5.69 Å². The number of anilines is 1. The lowest BCUT2D eigenvalue weighted by molar-refractivity contribution is -0.136. The minimum atomic E-state index is -0.0613. The van der Waals surface area contributed by atoms with Gasteiger partial charge in [0.1, 0.15) is 5.75 Å². The van der Waals surface area contributed by atoms with Gasteiger partial charge in [-0.05, 0) is 49.9 Å². The molecule has 1 saturated heterocycles. The van der Waals surface area contributed by atoms with Crippen LogP contribution in [0.1, 0.15) is 24.0 Å². The van der Waals surface area contributed by atoms with E-state index >= 15 is 0 Å². The third-order valence-corrected chi connectivity index (χ3v) is 5.01. The molecule has 0 aromatic heterocycles. The summed E-state index contributed by atoms with van der Waals surface area (Å²) in [6, 6.07) is 15.4. The summed E-state index contributed by atoms with van der Waals surface area (Å²) >= 11 is 0. The molecule has 3 rings (SSSR count). The number of aryl methyl sites for hydroxylation is 2. The van der Waals surface area contributed by atoms with Crippen LogP contribution in [-0.2, 0) is 9.59 Å². The Morgan fingerprint density at radius 1 is 1.00 bits per heavy atom. The van der Waals surface area contributed by atoms with Gasteiger partial charge in [0.05, 0.1) is 0 Å². The Morgan fingerprint density at radius 2 is 1.63 bits per heavy atom. The number of rotatable bonds is 5. The van der Waals surface area contributed by atoms with Crippen molar-refractivity contribution in [2.45, 2.75) is 26.7 Å². The number of carbonyl (C=O) groups excluding carboxylic acids is 2. The van der Waals surface area contributed by atoms with Crippen molar-refractivity contribution in [2.75, 3.05) is 25.0 Å². The van der Waals surface area contributed by atoms with E-state index in [-0.39, 0.29) is 24.3 Å². The van der Waals surface area contributed by atoms with E-state index in [9.17, 15) is 9.59 Å². The topological polar surface area (TPSA) is 58.6 Å². The Kier molecular flexibility index (Phi) is 6.12. The van der Waals surface area contributed by atoms with E-state index in [1.54, 1.807) is 4.90 Å². The van der Waals surface area contributed by atoms with Crippen LogP contribution in [0.25, 0.3) is 0 Å². The van der Waals surface area contributed by atoms with Crippen LogP contribution in [0, 0.1) is 19.8 Å². The second-order valence-corrected chi connectivity index (χ2v) is 7.02. The lowest BCUT2D eigenvalue weighted by atomic mass is 9.95. The van der Waals surface area contributed by atoms with Crippen molar-refractivity contribution < 1.29 is 14.3 Å². The summed E-state index contributed by atoms with van der Waals surface area (Å²) in [4.78, 5) is 26.6. The van der Waals surface area contributed by atoms with Gasteiger partial charge in [-0.2, -0.15) is 0 Å². The van der Waals surface area contributed by atoms with Gasteiger partial charge in [0, 0.05) is 24.7 Å². The molecule has 0 saturated carbocycles. The minimum Gasteiger partial charge on any atom is -0.483 e. The number of para-hydroxylation sites is 2. The number of hydrogen-bond acceptors (Lipinski definition) is 3. The number of nitrogens with zero attached hydrogens (tertiary/aromatic N) is 1. The third-order valence-electron chi connectivity index (χ3n) is 5.01. The number of carbonyl (C=O) groups is 2. The number of hydrogen-bond donors (Lipinski definition) is 1. The first-order chi connectivity index (χ1) is 13.0. The third kappa shape index (κ3) is 4.88. The largest absolute Gasteiger partial charge is 0.483 e. The van der Waals surface area contributed by atoms with Crippen LogP contribution in [-0.4, -0.2) is 36.4 Å². The van der Waals surface area contributed by atoms with Gasteiger partial charge in [0.2, 0.25) is 5.91 Å². The Balaban J connectivity index is 1.47. The predicted molar refractivity (Wildman–Crippen MR) is 106 cm³/mol. The number of benzene rings is 2. The van der Waals surface area contributed by atoms with Crippen molar-refractivity contribution in [3.63, 3.8) is 0 Å². The molecule has 1 fully saturated rings. The normalized spacial score (nSPS) is 14.7. The number of nitrogens with one attached hydrogen (secondary N) is 1. The van der Waals surface area contributed by atoms with E-state index in [0.29, 0.717) is 25.9 Å². The zero-order valence-electron chi connectivity index (χ0n) is 15.9. The molecule has 0 atom stereocenters. The molecule has 1 N–H and O–H groups in total. The van der Waals surface area contributed by atoms with Crippen molar-refractivity contribution in [1.82, 2.24) is 4.90 Å². The molecule has 0 aliphatic carbocycles. The van der Waals surface area contributed by atoms with Crippen molar-refractivity contribution in [3.8, 4) is 5.75 Å². The summed E-state index contributed by atoms with van der Waals surface area (Å²) in [5.41, 5.74) is 2.86. The van der Waals surface area contributed by atoms with Crippen LogP contribution >= 0.6 is 0 Å². The molecule has 1 aliphatic rings. The summed E-state index contributed by atoms with van der Waals surface area (Å²) < 4.78 is 5.77. The Hall–Kier alpha value is -2.82. The van der Waals surface area contributed by atoms with Crippen molar-refractivity contribution in [1.29, 1.82) is 0 Å². The summed E-state index contributed by atoms with van der Waals surface area (Å²) in [7, 11) is 0. The number of ether oxygens (including phenoxy) is 1.